The maximum atomic E-state index is 13.4. The van der Waals surface area contributed by atoms with E-state index < -0.39 is 29.7 Å². The molecule has 1 amide bonds. The zero-order valence-corrected chi connectivity index (χ0v) is 27.7. The number of nitrogens with zero attached hydrogens (tertiary/aromatic N) is 3. The summed E-state index contributed by atoms with van der Waals surface area (Å²) in [4.78, 5) is 28.9. The van der Waals surface area contributed by atoms with Gasteiger partial charge in [0.25, 0.3) is 5.91 Å². The third-order valence-electron chi connectivity index (χ3n) is 8.45. The molecule has 2 atom stereocenters. The van der Waals surface area contributed by atoms with Crippen molar-refractivity contribution in [3.05, 3.63) is 71.1 Å². The first-order valence-corrected chi connectivity index (χ1v) is 15.9. The smallest absolute Gasteiger partial charge is 0.339 e. The number of para-hydroxylation sites is 1. The highest BCUT2D eigenvalue weighted by Gasteiger charge is 2.37. The Kier molecular flexibility index (Phi) is 10.0. The van der Waals surface area contributed by atoms with E-state index in [1.165, 1.54) is 7.11 Å². The predicted octanol–water partition coefficient (Wildman–Crippen LogP) is 4.33. The number of methoxy groups -OCH3 is 1. The fourth-order valence-corrected chi connectivity index (χ4v) is 6.02. The topological polar surface area (TPSA) is 124 Å². The molecule has 1 unspecified atom stereocenters. The number of aliphatic hydroxyl groups excluding tert-OH is 1. The second-order valence-corrected chi connectivity index (χ2v) is 13.3. The molecule has 0 aliphatic carbocycles. The number of carbonyl (C=O) groups is 2. The molecule has 6 rings (SSSR count). The lowest BCUT2D eigenvalue weighted by Crippen LogP contribution is -2.45. The lowest BCUT2D eigenvalue weighted by atomic mass is 9.91. The van der Waals surface area contributed by atoms with Gasteiger partial charge in [0.1, 0.15) is 12.4 Å². The Labute approximate surface area is 270 Å². The molecule has 0 saturated carbocycles. The lowest BCUT2D eigenvalue weighted by molar-refractivity contribution is -0.164. The number of piperidine rings is 1. The number of fused-ring (bicyclic) bond motifs is 10. The normalized spacial score (nSPS) is 22.1. The minimum atomic E-state index is -0.999. The number of aliphatic hydroxyl groups is 1. The van der Waals surface area contributed by atoms with Crippen LogP contribution in [-0.2, 0) is 25.4 Å². The summed E-state index contributed by atoms with van der Waals surface area (Å²) in [7, 11) is 1.36. The summed E-state index contributed by atoms with van der Waals surface area (Å²) in [5.41, 5.74) is 2.95. The zero-order valence-electron chi connectivity index (χ0n) is 27.7. The second kappa shape index (κ2) is 13.8. The molecule has 0 radical (unpaired) electrons. The maximum absolute atomic E-state index is 13.4. The fourth-order valence-electron chi connectivity index (χ4n) is 6.02. The van der Waals surface area contributed by atoms with E-state index >= 15 is 0 Å². The summed E-state index contributed by atoms with van der Waals surface area (Å²) < 4.78 is 25.6. The van der Waals surface area contributed by atoms with Crippen molar-refractivity contribution < 1.29 is 33.6 Å². The van der Waals surface area contributed by atoms with Gasteiger partial charge in [-0.1, -0.05) is 24.3 Å². The molecule has 2 N–H and O–H groups in total. The van der Waals surface area contributed by atoms with Crippen molar-refractivity contribution in [2.24, 2.45) is 0 Å². The highest BCUT2D eigenvalue weighted by molar-refractivity contribution is 5.95. The monoisotopic (exact) mass is 634 g/mol. The number of ether oxygens (including phenoxy) is 4. The highest BCUT2D eigenvalue weighted by Crippen LogP contribution is 2.41. The average Bonchev–Trinajstić information content (AvgIpc) is 3.43. The van der Waals surface area contributed by atoms with Gasteiger partial charge in [-0.15, -0.1) is 0 Å². The van der Waals surface area contributed by atoms with Crippen LogP contribution in [0.4, 0.5) is 5.69 Å². The van der Waals surface area contributed by atoms with Gasteiger partial charge in [-0.2, -0.15) is 5.10 Å². The number of amides is 1. The van der Waals surface area contributed by atoms with E-state index in [1.54, 1.807) is 16.8 Å². The number of hydrogen-bond donors (Lipinski definition) is 2. The molecule has 3 aliphatic rings. The number of carbonyl (C=O) groups excluding carboxylic acids is 2. The maximum Gasteiger partial charge on any atom is 0.339 e. The fraction of sp³-hybridized carbons (Fsp3) is 0.514. The van der Waals surface area contributed by atoms with E-state index in [0.29, 0.717) is 49.6 Å². The molecule has 3 aromatic rings. The molecule has 1 aromatic carbocycles. The molecule has 46 heavy (non-hydrogen) atoms. The van der Waals surface area contributed by atoms with Crippen molar-refractivity contribution >= 4 is 23.1 Å². The predicted molar refractivity (Wildman–Crippen MR) is 174 cm³/mol. The van der Waals surface area contributed by atoms with Crippen molar-refractivity contribution in [1.82, 2.24) is 14.9 Å². The average molecular weight is 635 g/mol. The molecule has 248 valence electrons. The molecular weight excluding hydrogens is 588 g/mol. The summed E-state index contributed by atoms with van der Waals surface area (Å²) in [5.74, 6) is -0.234. The number of hydrogen-bond acceptors (Lipinski definition) is 9. The summed E-state index contributed by atoms with van der Waals surface area (Å²) in [6, 6.07) is 9.29. The Morgan fingerprint density at radius 1 is 1.17 bits per heavy atom. The number of pyridine rings is 1. The highest BCUT2D eigenvalue weighted by atomic mass is 16.6. The summed E-state index contributed by atoms with van der Waals surface area (Å²) in [6.45, 7) is 11.9. The van der Waals surface area contributed by atoms with Gasteiger partial charge in [0.15, 0.2) is 11.8 Å². The van der Waals surface area contributed by atoms with Gasteiger partial charge in [-0.3, -0.25) is 4.79 Å². The lowest BCUT2D eigenvalue weighted by Gasteiger charge is -2.41. The van der Waals surface area contributed by atoms with Crippen LogP contribution in [0.2, 0.25) is 0 Å². The van der Waals surface area contributed by atoms with E-state index in [-0.39, 0.29) is 17.8 Å². The van der Waals surface area contributed by atoms with Gasteiger partial charge in [0.2, 0.25) is 0 Å². The van der Waals surface area contributed by atoms with Gasteiger partial charge in [-0.05, 0) is 76.8 Å². The molecule has 0 spiro atoms. The molecule has 3 aliphatic heterocycles. The van der Waals surface area contributed by atoms with Gasteiger partial charge in [0, 0.05) is 37.8 Å². The van der Waals surface area contributed by atoms with Crippen molar-refractivity contribution in [1.29, 1.82) is 0 Å². The van der Waals surface area contributed by atoms with Crippen LogP contribution in [0.5, 0.6) is 5.75 Å². The molecule has 4 bridgehead atoms. The quantitative estimate of drug-likeness (QED) is 0.320. The molecular formula is C35H46N4O7. The first-order chi connectivity index (χ1) is 21.9. The Hall–Kier alpha value is -3.93. The number of aryl methyl sites for hydroxylation is 1. The third kappa shape index (κ3) is 7.71. The van der Waals surface area contributed by atoms with Crippen LogP contribution < -0.4 is 15.0 Å². The largest absolute Gasteiger partial charge is 0.489 e. The molecule has 1 saturated heterocycles. The van der Waals surface area contributed by atoms with Crippen LogP contribution in [0, 0.1) is 6.92 Å². The van der Waals surface area contributed by atoms with Gasteiger partial charge >= 0.3 is 5.97 Å². The van der Waals surface area contributed by atoms with Crippen molar-refractivity contribution in [3.63, 3.8) is 0 Å². The van der Waals surface area contributed by atoms with Gasteiger partial charge < -0.3 is 34.3 Å². The van der Waals surface area contributed by atoms with Crippen LogP contribution in [0.3, 0.4) is 0 Å². The first kappa shape index (κ1) is 33.4. The van der Waals surface area contributed by atoms with Crippen molar-refractivity contribution in [3.8, 4) is 5.75 Å². The molecule has 11 heteroatoms. The van der Waals surface area contributed by atoms with Gasteiger partial charge in [-0.25, -0.2) is 9.31 Å². The second-order valence-electron chi connectivity index (χ2n) is 13.3. The van der Waals surface area contributed by atoms with Crippen LogP contribution in [0.25, 0.3) is 5.52 Å². The Balaban J connectivity index is 1.57. The number of aromatic nitrogens is 2. The number of nitrogens with one attached hydrogen (secondary N) is 1. The Bertz CT molecular complexity index is 1580. The van der Waals surface area contributed by atoms with Crippen molar-refractivity contribution in [2.75, 3.05) is 44.9 Å². The minimum absolute atomic E-state index is 0.0317. The molecule has 1 fully saturated rings. The Morgan fingerprint density at radius 2 is 1.89 bits per heavy atom. The number of benzene rings is 1. The zero-order chi connectivity index (χ0) is 33.1. The van der Waals surface area contributed by atoms with E-state index in [1.807, 2.05) is 64.1 Å². The van der Waals surface area contributed by atoms with E-state index in [9.17, 15) is 14.7 Å². The van der Waals surface area contributed by atoms with Crippen LogP contribution in [0.15, 0.2) is 48.7 Å². The standard InChI is InChI=1S/C35H46N4O7/c1-23-22-39-27-20-26(37-39)32(41)36-21-25(40)19-24-11-7-8-12-28(24)44-17-9-10-18-45-35(5)13-15-38(16-14-35)30(27)29(23)31(33(42)43-6)46-34(2,3)4/h7-12,20,22,25,31,40H,13-19,21H2,1-6H3,(H,36,41)/t25?,31-/m0/s1. The SMILES string of the molecule is COC(=O)[C@@H](OC(C)(C)C)c1c(C)cn2nc3cc2c1N1CCC(C)(CC1)OCC=CCOc1ccccc1CC(O)CNC3=O. The first-order valence-electron chi connectivity index (χ1n) is 15.9. The molecule has 2 aromatic heterocycles. The van der Waals surface area contributed by atoms with Crippen LogP contribution in [-0.4, -0.2) is 83.9 Å². The van der Waals surface area contributed by atoms with E-state index in [4.69, 9.17) is 18.9 Å². The van der Waals surface area contributed by atoms with Gasteiger partial charge in [0.05, 0.1) is 42.2 Å². The summed E-state index contributed by atoms with van der Waals surface area (Å²) in [6.07, 6.45) is 5.65. The van der Waals surface area contributed by atoms with Crippen LogP contribution >= 0.6 is 0 Å². The van der Waals surface area contributed by atoms with Crippen molar-refractivity contribution in [2.45, 2.75) is 77.3 Å². The minimum Gasteiger partial charge on any atom is -0.489 e. The molecule has 5 heterocycles. The van der Waals surface area contributed by atoms with Crippen LogP contribution in [0.1, 0.15) is 73.8 Å². The third-order valence-corrected chi connectivity index (χ3v) is 8.45. The summed E-state index contributed by atoms with van der Waals surface area (Å²) >= 11 is 0. The number of esters is 1. The van der Waals surface area contributed by atoms with E-state index in [2.05, 4.69) is 22.2 Å². The summed E-state index contributed by atoms with van der Waals surface area (Å²) in [5, 5.41) is 18.3. The molecule has 11 nitrogen and oxygen atoms in total. The number of rotatable bonds is 3. The van der Waals surface area contributed by atoms with E-state index in [0.717, 1.165) is 29.7 Å². The Morgan fingerprint density at radius 3 is 2.61 bits per heavy atom. The number of anilines is 1.